The van der Waals surface area contributed by atoms with E-state index in [9.17, 15) is 13.6 Å². The minimum atomic E-state index is -2.97. The number of methoxy groups -OCH3 is 1. The van der Waals surface area contributed by atoms with Crippen LogP contribution in [0.15, 0.2) is 11.4 Å². The highest BCUT2D eigenvalue weighted by atomic mass is 32.1. The van der Waals surface area contributed by atoms with E-state index in [1.54, 1.807) is 6.92 Å². The molecule has 1 heterocycles. The average Bonchev–Trinajstić information content (AvgIpc) is 2.65. The van der Waals surface area contributed by atoms with Crippen LogP contribution >= 0.6 is 11.3 Å². The molecule has 1 aromatic rings. The third kappa shape index (κ3) is 4.27. The number of hydrogen-bond donors (Lipinski definition) is 0. The lowest BCUT2D eigenvalue weighted by Gasteiger charge is -2.12. The fourth-order valence-corrected chi connectivity index (χ4v) is 1.84. The number of halogens is 2. The second-order valence-electron chi connectivity index (χ2n) is 3.16. The zero-order valence-electron chi connectivity index (χ0n) is 9.31. The van der Waals surface area contributed by atoms with E-state index in [1.165, 1.54) is 18.6 Å². The van der Waals surface area contributed by atoms with Crippen LogP contribution in [0, 0.1) is 0 Å². The molecule has 0 N–H and O–H groups in total. The molecule has 0 saturated carbocycles. The molecule has 0 amide bonds. The molecule has 1 atom stereocenters. The quantitative estimate of drug-likeness (QED) is 0.742. The highest BCUT2D eigenvalue weighted by Crippen LogP contribution is 2.27. The Morgan fingerprint density at radius 1 is 1.53 bits per heavy atom. The molecular weight excluding hydrogens is 254 g/mol. The van der Waals surface area contributed by atoms with Crippen LogP contribution < -0.4 is 4.74 Å². The summed E-state index contributed by atoms with van der Waals surface area (Å²) in [6.45, 7) is -1.09. The summed E-state index contributed by atoms with van der Waals surface area (Å²) < 4.78 is 38.0. The van der Waals surface area contributed by atoms with Crippen LogP contribution in [0.2, 0.25) is 0 Å². The summed E-state index contributed by atoms with van der Waals surface area (Å²) in [7, 11) is 1.47. The van der Waals surface area contributed by atoms with Crippen molar-refractivity contribution in [3.05, 3.63) is 16.3 Å². The molecule has 0 aromatic carbocycles. The zero-order valence-corrected chi connectivity index (χ0v) is 10.1. The van der Waals surface area contributed by atoms with Crippen LogP contribution in [0.3, 0.4) is 0 Å². The summed E-state index contributed by atoms with van der Waals surface area (Å²) in [6, 6.07) is 1.30. The van der Waals surface area contributed by atoms with Crippen molar-refractivity contribution in [3.8, 4) is 5.75 Å². The number of rotatable bonds is 6. The molecule has 1 rings (SSSR count). The van der Waals surface area contributed by atoms with Gasteiger partial charge in [0.15, 0.2) is 10.6 Å². The topological polar surface area (TPSA) is 44.8 Å². The molecule has 0 aliphatic rings. The number of carbonyl (C=O) groups excluding carboxylic acids is 1. The fraction of sp³-hybridized carbons (Fsp3) is 0.500. The SMILES string of the molecule is COC[C@@H](C)OC(=O)c1sccc1OC(F)F. The van der Waals surface area contributed by atoms with Crippen molar-refractivity contribution < 1.29 is 27.8 Å². The Hall–Kier alpha value is -1.21. The molecule has 7 heteroatoms. The standard InChI is InChI=1S/C10H12F2O4S/c1-6(5-14-2)15-9(13)8-7(3-4-17-8)16-10(11)12/h3-4,6,10H,5H2,1-2H3/t6-/m1/s1. The number of hydrogen-bond acceptors (Lipinski definition) is 5. The largest absolute Gasteiger partial charge is 0.456 e. The summed E-state index contributed by atoms with van der Waals surface area (Å²) in [4.78, 5) is 11.6. The van der Waals surface area contributed by atoms with Gasteiger partial charge in [-0.2, -0.15) is 8.78 Å². The highest BCUT2D eigenvalue weighted by Gasteiger charge is 2.20. The second-order valence-corrected chi connectivity index (χ2v) is 4.08. The van der Waals surface area contributed by atoms with E-state index in [0.29, 0.717) is 0 Å². The van der Waals surface area contributed by atoms with Crippen LogP contribution in [0.1, 0.15) is 16.6 Å². The van der Waals surface area contributed by atoms with E-state index < -0.39 is 18.7 Å². The predicted octanol–water partition coefficient (Wildman–Crippen LogP) is 2.54. The van der Waals surface area contributed by atoms with Gasteiger partial charge in [0.2, 0.25) is 0 Å². The first-order valence-electron chi connectivity index (χ1n) is 4.76. The van der Waals surface area contributed by atoms with Gasteiger partial charge in [0.1, 0.15) is 6.10 Å². The molecule has 0 aliphatic heterocycles. The molecule has 0 saturated heterocycles. The molecule has 0 unspecified atom stereocenters. The molecule has 17 heavy (non-hydrogen) atoms. The Labute approximate surface area is 101 Å². The number of alkyl halides is 2. The van der Waals surface area contributed by atoms with Gasteiger partial charge in [-0.25, -0.2) is 4.79 Å². The van der Waals surface area contributed by atoms with E-state index in [4.69, 9.17) is 9.47 Å². The Bertz CT molecular complexity index is 367. The van der Waals surface area contributed by atoms with E-state index >= 15 is 0 Å². The summed E-state index contributed by atoms with van der Waals surface area (Å²) in [5.41, 5.74) is 0. The maximum absolute atomic E-state index is 12.0. The molecule has 1 aromatic heterocycles. The maximum Gasteiger partial charge on any atom is 0.387 e. The molecule has 0 spiro atoms. The molecule has 0 bridgehead atoms. The van der Waals surface area contributed by atoms with Gasteiger partial charge < -0.3 is 14.2 Å². The molecular formula is C10H12F2O4S. The van der Waals surface area contributed by atoms with E-state index in [1.807, 2.05) is 0 Å². The predicted molar refractivity (Wildman–Crippen MR) is 57.7 cm³/mol. The van der Waals surface area contributed by atoms with Gasteiger partial charge in [-0.1, -0.05) is 0 Å². The molecule has 0 radical (unpaired) electrons. The fourth-order valence-electron chi connectivity index (χ4n) is 1.14. The highest BCUT2D eigenvalue weighted by molar-refractivity contribution is 7.12. The van der Waals surface area contributed by atoms with E-state index in [2.05, 4.69) is 4.74 Å². The van der Waals surface area contributed by atoms with Crippen LogP contribution in [0.5, 0.6) is 5.75 Å². The van der Waals surface area contributed by atoms with Crippen molar-refractivity contribution in [2.45, 2.75) is 19.6 Å². The number of esters is 1. The van der Waals surface area contributed by atoms with Crippen LogP contribution in [-0.4, -0.2) is 32.4 Å². The molecule has 4 nitrogen and oxygen atoms in total. The van der Waals surface area contributed by atoms with Gasteiger partial charge in [0, 0.05) is 7.11 Å². The van der Waals surface area contributed by atoms with Crippen LogP contribution in [-0.2, 0) is 9.47 Å². The van der Waals surface area contributed by atoms with Gasteiger partial charge in [-0.3, -0.25) is 0 Å². The number of carbonyl (C=O) groups is 1. The first-order valence-corrected chi connectivity index (χ1v) is 5.64. The van der Waals surface area contributed by atoms with E-state index in [-0.39, 0.29) is 17.2 Å². The van der Waals surface area contributed by atoms with Crippen molar-refractivity contribution in [2.24, 2.45) is 0 Å². The first kappa shape index (κ1) is 13.9. The minimum Gasteiger partial charge on any atom is -0.456 e. The normalized spacial score (nSPS) is 12.5. The van der Waals surface area contributed by atoms with Gasteiger partial charge in [0.25, 0.3) is 0 Å². The third-order valence-corrected chi connectivity index (χ3v) is 2.62. The van der Waals surface area contributed by atoms with Gasteiger partial charge >= 0.3 is 12.6 Å². The Kier molecular flexibility index (Phi) is 5.30. The summed E-state index contributed by atoms with van der Waals surface area (Å²) in [6.07, 6.45) is -0.450. The van der Waals surface area contributed by atoms with Gasteiger partial charge in [-0.15, -0.1) is 11.3 Å². The second kappa shape index (κ2) is 6.51. The summed E-state index contributed by atoms with van der Waals surface area (Å²) in [5.74, 6) is -0.861. The summed E-state index contributed by atoms with van der Waals surface area (Å²) in [5, 5.41) is 1.48. The Balaban J connectivity index is 2.65. The van der Waals surface area contributed by atoms with Crippen molar-refractivity contribution >= 4 is 17.3 Å². The van der Waals surface area contributed by atoms with Gasteiger partial charge in [0.05, 0.1) is 6.61 Å². The monoisotopic (exact) mass is 266 g/mol. The minimum absolute atomic E-state index is 0.0215. The van der Waals surface area contributed by atoms with Crippen molar-refractivity contribution in [2.75, 3.05) is 13.7 Å². The lowest BCUT2D eigenvalue weighted by Crippen LogP contribution is -2.19. The third-order valence-electron chi connectivity index (χ3n) is 1.74. The van der Waals surface area contributed by atoms with Crippen molar-refractivity contribution in [1.29, 1.82) is 0 Å². The maximum atomic E-state index is 12.0. The zero-order chi connectivity index (χ0) is 12.8. The smallest absolute Gasteiger partial charge is 0.387 e. The average molecular weight is 266 g/mol. The molecule has 96 valence electrons. The van der Waals surface area contributed by atoms with Crippen molar-refractivity contribution in [1.82, 2.24) is 0 Å². The lowest BCUT2D eigenvalue weighted by atomic mass is 10.4. The van der Waals surface area contributed by atoms with Crippen molar-refractivity contribution in [3.63, 3.8) is 0 Å². The Morgan fingerprint density at radius 3 is 2.82 bits per heavy atom. The molecule has 0 aliphatic carbocycles. The Morgan fingerprint density at radius 2 is 2.24 bits per heavy atom. The lowest BCUT2D eigenvalue weighted by molar-refractivity contribution is -0.0503. The number of thiophene rings is 1. The first-order chi connectivity index (χ1) is 8.04. The van der Waals surface area contributed by atoms with Gasteiger partial charge in [-0.05, 0) is 18.4 Å². The number of ether oxygens (including phenoxy) is 3. The van der Waals surface area contributed by atoms with Crippen LogP contribution in [0.25, 0.3) is 0 Å². The van der Waals surface area contributed by atoms with Crippen LogP contribution in [0.4, 0.5) is 8.78 Å². The molecule has 0 fully saturated rings. The summed E-state index contributed by atoms with van der Waals surface area (Å²) >= 11 is 0.986. The van der Waals surface area contributed by atoms with E-state index in [0.717, 1.165) is 11.3 Å².